The molecule has 0 aromatic heterocycles. The molecule has 0 radical (unpaired) electrons. The van der Waals surface area contributed by atoms with Crippen LogP contribution in [0.3, 0.4) is 0 Å². The minimum absolute atomic E-state index is 0.344. The van der Waals surface area contributed by atoms with E-state index in [1.165, 1.54) is 22.3 Å². The van der Waals surface area contributed by atoms with Crippen LogP contribution in [0.4, 0.5) is 0 Å². The number of hydrogen-bond acceptors (Lipinski definition) is 6. The Kier molecular flexibility index (Phi) is 19.0. The summed E-state index contributed by atoms with van der Waals surface area (Å²) in [6.45, 7) is 17.1. The molecular formula is C43H60O6. The fraction of sp³-hybridized carbons (Fsp3) is 0.442. The number of rotatable bonds is 15. The molecule has 268 valence electrons. The highest BCUT2D eigenvalue weighted by molar-refractivity contribution is 5.44. The lowest BCUT2D eigenvalue weighted by atomic mass is 9.99. The molecule has 2 N–H and O–H groups in total. The molecule has 0 fully saturated rings. The standard InChI is InChI=1S/C23H32O4.2C10H14O/c1-6-18(3)19-7-9-22(10-8-19)26-11-12-27-23-20(15-24-4)13-17(2)14-21(23)16-25-5;1-3-8(2)9-4-6-10(11)7-5-9;1-3-8(2)9-5-4-6-10(11)7-9/h7-10,13-14,18H,6,11-12,15-16H2,1-5H3;2*4-8,11H,3H2,1-2H3. The van der Waals surface area contributed by atoms with Crippen molar-refractivity contribution in [3.05, 3.63) is 118 Å². The molecular weight excluding hydrogens is 612 g/mol. The average Bonchev–Trinajstić information content (AvgIpc) is 3.11. The van der Waals surface area contributed by atoms with Gasteiger partial charge in [0.15, 0.2) is 0 Å². The minimum atomic E-state index is 0.344. The number of phenols is 2. The van der Waals surface area contributed by atoms with Crippen LogP contribution < -0.4 is 9.47 Å². The second kappa shape index (κ2) is 22.6. The minimum Gasteiger partial charge on any atom is -0.508 e. The van der Waals surface area contributed by atoms with E-state index in [1.807, 2.05) is 42.5 Å². The van der Waals surface area contributed by atoms with E-state index >= 15 is 0 Å². The smallest absolute Gasteiger partial charge is 0.130 e. The molecule has 0 amide bonds. The molecule has 6 heteroatoms. The maximum Gasteiger partial charge on any atom is 0.130 e. The summed E-state index contributed by atoms with van der Waals surface area (Å²) < 4.78 is 22.5. The van der Waals surface area contributed by atoms with Crippen molar-refractivity contribution in [1.82, 2.24) is 0 Å². The van der Waals surface area contributed by atoms with E-state index < -0.39 is 0 Å². The SMILES string of the molecule is CCC(C)c1ccc(O)cc1.CCC(C)c1ccc(OCCOc2c(COC)cc(C)cc2COC)cc1.CCC(C)c1cccc(O)c1. The summed E-state index contributed by atoms with van der Waals surface area (Å²) in [4.78, 5) is 0. The van der Waals surface area contributed by atoms with Crippen molar-refractivity contribution in [2.24, 2.45) is 0 Å². The molecule has 4 rings (SSSR count). The molecule has 4 aromatic carbocycles. The Labute approximate surface area is 296 Å². The summed E-state index contributed by atoms with van der Waals surface area (Å²) >= 11 is 0. The number of phenolic OH excluding ortho intramolecular Hbond substituents is 2. The van der Waals surface area contributed by atoms with E-state index in [4.69, 9.17) is 29.2 Å². The van der Waals surface area contributed by atoms with Crippen LogP contribution in [-0.4, -0.2) is 37.6 Å². The predicted octanol–water partition coefficient (Wildman–Crippen LogP) is 11.1. The topological polar surface area (TPSA) is 77.4 Å². The van der Waals surface area contributed by atoms with Gasteiger partial charge in [-0.2, -0.15) is 0 Å². The Bertz CT molecular complexity index is 1440. The number of ether oxygens (including phenoxy) is 4. The van der Waals surface area contributed by atoms with E-state index in [2.05, 4.69) is 72.7 Å². The molecule has 6 nitrogen and oxygen atoms in total. The van der Waals surface area contributed by atoms with Crippen LogP contribution in [0, 0.1) is 6.92 Å². The fourth-order valence-electron chi connectivity index (χ4n) is 5.18. The first-order valence-corrected chi connectivity index (χ1v) is 17.6. The van der Waals surface area contributed by atoms with Gasteiger partial charge in [-0.15, -0.1) is 0 Å². The third kappa shape index (κ3) is 14.6. The van der Waals surface area contributed by atoms with E-state index in [-0.39, 0.29) is 0 Å². The molecule has 0 aliphatic carbocycles. The van der Waals surface area contributed by atoms with Crippen LogP contribution in [0.2, 0.25) is 0 Å². The van der Waals surface area contributed by atoms with Crippen molar-refractivity contribution in [2.75, 3.05) is 27.4 Å². The number of methoxy groups -OCH3 is 2. The Morgan fingerprint density at radius 1 is 0.551 bits per heavy atom. The van der Waals surface area contributed by atoms with Crippen LogP contribution in [0.5, 0.6) is 23.0 Å². The van der Waals surface area contributed by atoms with Gasteiger partial charge in [0, 0.05) is 25.3 Å². The first-order chi connectivity index (χ1) is 23.6. The predicted molar refractivity (Wildman–Crippen MR) is 202 cm³/mol. The quantitative estimate of drug-likeness (QED) is 0.122. The van der Waals surface area contributed by atoms with Gasteiger partial charge in [0.2, 0.25) is 0 Å². The number of benzene rings is 4. The Morgan fingerprint density at radius 2 is 1.02 bits per heavy atom. The van der Waals surface area contributed by atoms with Gasteiger partial charge in [-0.3, -0.25) is 0 Å². The van der Waals surface area contributed by atoms with Gasteiger partial charge in [-0.1, -0.05) is 95.6 Å². The summed E-state index contributed by atoms with van der Waals surface area (Å²) in [6, 6.07) is 27.4. The highest BCUT2D eigenvalue weighted by atomic mass is 16.5. The maximum atomic E-state index is 9.16. The first kappa shape index (κ1) is 41.2. The van der Waals surface area contributed by atoms with Crippen LogP contribution in [0.25, 0.3) is 0 Å². The highest BCUT2D eigenvalue weighted by Gasteiger charge is 2.12. The zero-order valence-corrected chi connectivity index (χ0v) is 31.3. The Hall–Kier alpha value is -4.00. The van der Waals surface area contributed by atoms with Crippen LogP contribution in [-0.2, 0) is 22.7 Å². The number of aromatic hydroxyl groups is 2. The van der Waals surface area contributed by atoms with Crippen LogP contribution in [0.15, 0.2) is 84.9 Å². The van der Waals surface area contributed by atoms with Gasteiger partial charge >= 0.3 is 0 Å². The van der Waals surface area contributed by atoms with Crippen molar-refractivity contribution in [2.45, 2.75) is 98.7 Å². The van der Waals surface area contributed by atoms with Crippen molar-refractivity contribution in [1.29, 1.82) is 0 Å². The lowest BCUT2D eigenvalue weighted by molar-refractivity contribution is 0.164. The molecule has 3 unspecified atom stereocenters. The van der Waals surface area contributed by atoms with E-state index in [0.29, 0.717) is 55.7 Å². The average molecular weight is 673 g/mol. The zero-order chi connectivity index (χ0) is 36.2. The van der Waals surface area contributed by atoms with Crippen molar-refractivity contribution < 1.29 is 29.2 Å². The lowest BCUT2D eigenvalue weighted by Gasteiger charge is -2.17. The second-order valence-corrected chi connectivity index (χ2v) is 12.7. The Balaban J connectivity index is 0.000000309. The third-order valence-corrected chi connectivity index (χ3v) is 8.77. The molecule has 0 saturated heterocycles. The van der Waals surface area contributed by atoms with Gasteiger partial charge in [0.25, 0.3) is 0 Å². The molecule has 4 aromatic rings. The van der Waals surface area contributed by atoms with E-state index in [0.717, 1.165) is 41.9 Å². The number of hydrogen-bond donors (Lipinski definition) is 2. The van der Waals surface area contributed by atoms with Gasteiger partial charge in [-0.05, 0) is 97.0 Å². The van der Waals surface area contributed by atoms with Gasteiger partial charge in [-0.25, -0.2) is 0 Å². The molecule has 0 aliphatic heterocycles. The normalized spacial score (nSPS) is 12.4. The maximum absolute atomic E-state index is 9.16. The monoisotopic (exact) mass is 672 g/mol. The third-order valence-electron chi connectivity index (χ3n) is 8.77. The second-order valence-electron chi connectivity index (χ2n) is 12.7. The van der Waals surface area contributed by atoms with Crippen LogP contribution in [0.1, 0.15) is 112 Å². The van der Waals surface area contributed by atoms with E-state index in [9.17, 15) is 0 Å². The van der Waals surface area contributed by atoms with Gasteiger partial charge in [0.05, 0.1) is 13.2 Å². The van der Waals surface area contributed by atoms with Gasteiger partial charge < -0.3 is 29.2 Å². The van der Waals surface area contributed by atoms with Crippen LogP contribution >= 0.6 is 0 Å². The molecule has 49 heavy (non-hydrogen) atoms. The molecule has 0 spiro atoms. The molecule has 3 atom stereocenters. The first-order valence-electron chi connectivity index (χ1n) is 17.6. The number of aryl methyl sites for hydroxylation is 1. The van der Waals surface area contributed by atoms with Crippen molar-refractivity contribution in [3.8, 4) is 23.0 Å². The highest BCUT2D eigenvalue weighted by Crippen LogP contribution is 2.28. The Morgan fingerprint density at radius 3 is 1.49 bits per heavy atom. The zero-order valence-electron chi connectivity index (χ0n) is 31.3. The molecule has 0 heterocycles. The summed E-state index contributed by atoms with van der Waals surface area (Å²) in [5.41, 5.74) is 7.08. The fourth-order valence-corrected chi connectivity index (χ4v) is 5.18. The molecule has 0 aliphatic rings. The summed E-state index contributed by atoms with van der Waals surface area (Å²) in [6.07, 6.45) is 3.40. The largest absolute Gasteiger partial charge is 0.508 e. The summed E-state index contributed by atoms with van der Waals surface area (Å²) in [5, 5.41) is 18.2. The molecule has 0 bridgehead atoms. The van der Waals surface area contributed by atoms with Crippen molar-refractivity contribution >= 4 is 0 Å². The van der Waals surface area contributed by atoms with Crippen molar-refractivity contribution in [3.63, 3.8) is 0 Å². The van der Waals surface area contributed by atoms with Gasteiger partial charge in [0.1, 0.15) is 36.2 Å². The summed E-state index contributed by atoms with van der Waals surface area (Å²) in [5.74, 6) is 4.11. The lowest BCUT2D eigenvalue weighted by Crippen LogP contribution is -2.12. The van der Waals surface area contributed by atoms with E-state index in [1.54, 1.807) is 32.4 Å². The summed E-state index contributed by atoms with van der Waals surface area (Å²) in [7, 11) is 3.38. The molecule has 0 saturated carbocycles.